The van der Waals surface area contributed by atoms with Crippen LogP contribution >= 0.6 is 28.3 Å². The molecule has 1 aliphatic rings. The highest BCUT2D eigenvalue weighted by atomic mass is 79.9. The molecule has 1 unspecified atom stereocenters. The van der Waals surface area contributed by atoms with Gasteiger partial charge < -0.3 is 20.1 Å². The fraction of sp³-hybridized carbons (Fsp3) is 0.588. The topological polar surface area (TPSA) is 59.6 Å². The van der Waals surface area contributed by atoms with Gasteiger partial charge >= 0.3 is 0 Å². The van der Waals surface area contributed by atoms with Gasteiger partial charge in [-0.3, -0.25) is 4.79 Å². The van der Waals surface area contributed by atoms with Crippen molar-refractivity contribution in [3.63, 3.8) is 0 Å². The van der Waals surface area contributed by atoms with Crippen LogP contribution in [-0.2, 0) is 9.53 Å². The first-order valence-corrected chi connectivity index (χ1v) is 8.74. The summed E-state index contributed by atoms with van der Waals surface area (Å²) in [5.74, 6) is 0.589. The summed E-state index contributed by atoms with van der Waals surface area (Å²) in [5.41, 5.74) is 0.0208. The fourth-order valence-corrected chi connectivity index (χ4v) is 3.09. The molecular weight excluding hydrogens is 396 g/mol. The second-order valence-corrected chi connectivity index (χ2v) is 7.03. The van der Waals surface area contributed by atoms with Crippen molar-refractivity contribution < 1.29 is 14.3 Å². The van der Waals surface area contributed by atoms with E-state index >= 15 is 0 Å². The van der Waals surface area contributed by atoms with Crippen LogP contribution in [0.25, 0.3) is 0 Å². The molecular formula is C17H26BrClN2O3. The lowest BCUT2D eigenvalue weighted by atomic mass is 9.79. The number of carbonyl (C=O) groups is 1. The molecule has 0 saturated carbocycles. The molecule has 0 aromatic heterocycles. The second kappa shape index (κ2) is 10.2. The second-order valence-electron chi connectivity index (χ2n) is 6.11. The van der Waals surface area contributed by atoms with Crippen LogP contribution < -0.4 is 15.4 Å². The summed E-state index contributed by atoms with van der Waals surface area (Å²) < 4.78 is 12.0. The summed E-state index contributed by atoms with van der Waals surface area (Å²) in [6.07, 6.45) is 1.48. The Morgan fingerprint density at radius 3 is 2.54 bits per heavy atom. The average Bonchev–Trinajstić information content (AvgIpc) is 2.56. The van der Waals surface area contributed by atoms with Crippen molar-refractivity contribution in [1.82, 2.24) is 10.6 Å². The minimum absolute atomic E-state index is 0. The maximum absolute atomic E-state index is 12.3. The van der Waals surface area contributed by atoms with E-state index in [0.717, 1.165) is 30.4 Å². The highest BCUT2D eigenvalue weighted by molar-refractivity contribution is 9.10. The minimum atomic E-state index is -0.530. The predicted octanol–water partition coefficient (Wildman–Crippen LogP) is 2.77. The van der Waals surface area contributed by atoms with Crippen LogP contribution in [0.15, 0.2) is 28.7 Å². The van der Waals surface area contributed by atoms with Gasteiger partial charge in [-0.2, -0.15) is 0 Å². The van der Waals surface area contributed by atoms with Crippen LogP contribution in [-0.4, -0.2) is 45.4 Å². The van der Waals surface area contributed by atoms with E-state index in [1.807, 2.05) is 24.3 Å². The molecule has 24 heavy (non-hydrogen) atoms. The number of hydrogen-bond acceptors (Lipinski definition) is 4. The van der Waals surface area contributed by atoms with Gasteiger partial charge in [0.25, 0.3) is 5.91 Å². The number of carbonyl (C=O) groups excluding carboxylic acids is 1. The van der Waals surface area contributed by atoms with Crippen molar-refractivity contribution in [1.29, 1.82) is 0 Å². The van der Waals surface area contributed by atoms with E-state index in [4.69, 9.17) is 9.47 Å². The van der Waals surface area contributed by atoms with Crippen LogP contribution in [0, 0.1) is 5.41 Å². The number of nitrogens with one attached hydrogen (secondary N) is 2. The van der Waals surface area contributed by atoms with Crippen molar-refractivity contribution in [3.05, 3.63) is 28.7 Å². The van der Waals surface area contributed by atoms with Gasteiger partial charge in [0.1, 0.15) is 5.75 Å². The quantitative estimate of drug-likeness (QED) is 0.711. The molecule has 1 atom stereocenters. The first kappa shape index (κ1) is 21.2. The molecule has 136 valence electrons. The number of rotatable bonds is 7. The number of methoxy groups -OCH3 is 1. The Labute approximate surface area is 158 Å². The molecule has 5 nitrogen and oxygen atoms in total. The van der Waals surface area contributed by atoms with Crippen LogP contribution in [0.2, 0.25) is 0 Å². The van der Waals surface area contributed by atoms with E-state index in [9.17, 15) is 4.79 Å². The van der Waals surface area contributed by atoms with Crippen LogP contribution in [0.4, 0.5) is 0 Å². The molecule has 1 saturated heterocycles. The third-order valence-electron chi connectivity index (χ3n) is 4.25. The Morgan fingerprint density at radius 1 is 1.33 bits per heavy atom. The summed E-state index contributed by atoms with van der Waals surface area (Å²) in [4.78, 5) is 12.3. The monoisotopic (exact) mass is 420 g/mol. The van der Waals surface area contributed by atoms with E-state index in [0.29, 0.717) is 18.9 Å². The lowest BCUT2D eigenvalue weighted by Gasteiger charge is -2.37. The summed E-state index contributed by atoms with van der Waals surface area (Å²) in [7, 11) is 1.71. The first-order valence-electron chi connectivity index (χ1n) is 7.94. The zero-order chi connectivity index (χ0) is 16.7. The van der Waals surface area contributed by atoms with Crippen LogP contribution in [0.1, 0.15) is 19.8 Å². The van der Waals surface area contributed by atoms with E-state index in [-0.39, 0.29) is 23.7 Å². The molecule has 0 bridgehead atoms. The summed E-state index contributed by atoms with van der Waals surface area (Å²) in [6, 6.07) is 7.46. The maximum atomic E-state index is 12.3. The van der Waals surface area contributed by atoms with Crippen LogP contribution in [0.3, 0.4) is 0 Å². The van der Waals surface area contributed by atoms with Gasteiger partial charge in [-0.05, 0) is 57.1 Å². The van der Waals surface area contributed by atoms with Gasteiger partial charge in [-0.15, -0.1) is 12.4 Å². The Bertz CT molecular complexity index is 502. The summed E-state index contributed by atoms with van der Waals surface area (Å²) in [6.45, 7) is 4.98. The molecule has 1 amide bonds. The van der Waals surface area contributed by atoms with Crippen molar-refractivity contribution in [2.24, 2.45) is 5.41 Å². The summed E-state index contributed by atoms with van der Waals surface area (Å²) >= 11 is 3.38. The van der Waals surface area contributed by atoms with Gasteiger partial charge in [-0.25, -0.2) is 0 Å². The smallest absolute Gasteiger partial charge is 0.260 e. The van der Waals surface area contributed by atoms with E-state index < -0.39 is 6.10 Å². The molecule has 2 rings (SSSR count). The van der Waals surface area contributed by atoms with Gasteiger partial charge in [0, 0.05) is 23.5 Å². The minimum Gasteiger partial charge on any atom is -0.481 e. The molecule has 7 heteroatoms. The lowest BCUT2D eigenvalue weighted by Crippen LogP contribution is -2.49. The average molecular weight is 422 g/mol. The molecule has 1 aromatic carbocycles. The Balaban J connectivity index is 0.00000288. The van der Waals surface area contributed by atoms with Gasteiger partial charge in [0.05, 0.1) is 6.61 Å². The first-order chi connectivity index (χ1) is 11.0. The van der Waals surface area contributed by atoms with Crippen molar-refractivity contribution >= 4 is 34.2 Å². The van der Waals surface area contributed by atoms with Gasteiger partial charge in [-0.1, -0.05) is 15.9 Å². The van der Waals surface area contributed by atoms with Crippen molar-refractivity contribution in [2.45, 2.75) is 25.9 Å². The molecule has 0 spiro atoms. The zero-order valence-corrected chi connectivity index (χ0v) is 16.5. The van der Waals surface area contributed by atoms with Crippen LogP contribution in [0.5, 0.6) is 5.75 Å². The highest BCUT2D eigenvalue weighted by Crippen LogP contribution is 2.28. The predicted molar refractivity (Wildman–Crippen MR) is 101 cm³/mol. The van der Waals surface area contributed by atoms with E-state index in [1.54, 1.807) is 14.0 Å². The van der Waals surface area contributed by atoms with Gasteiger partial charge in [0.2, 0.25) is 0 Å². The summed E-state index contributed by atoms with van der Waals surface area (Å²) in [5, 5.41) is 6.38. The highest BCUT2D eigenvalue weighted by Gasteiger charge is 2.33. The third kappa shape index (κ3) is 6.24. The molecule has 1 aliphatic heterocycles. The fourth-order valence-electron chi connectivity index (χ4n) is 2.82. The lowest BCUT2D eigenvalue weighted by molar-refractivity contribution is -0.128. The molecule has 1 heterocycles. The number of halogens is 2. The number of ether oxygens (including phenoxy) is 2. The molecule has 0 radical (unpaired) electrons. The van der Waals surface area contributed by atoms with Gasteiger partial charge in [0.15, 0.2) is 6.10 Å². The Hall–Kier alpha value is -0.820. The third-order valence-corrected chi connectivity index (χ3v) is 4.78. The molecule has 1 aromatic rings. The van der Waals surface area contributed by atoms with E-state index in [1.165, 1.54) is 0 Å². The number of piperidine rings is 1. The number of hydrogen-bond donors (Lipinski definition) is 2. The Kier molecular flexibility index (Phi) is 9.05. The zero-order valence-electron chi connectivity index (χ0n) is 14.1. The van der Waals surface area contributed by atoms with Crippen molar-refractivity contribution in [2.75, 3.05) is 33.4 Å². The molecule has 1 fully saturated rings. The largest absolute Gasteiger partial charge is 0.481 e. The maximum Gasteiger partial charge on any atom is 0.260 e. The molecule has 2 N–H and O–H groups in total. The SMILES string of the molecule is COCC1(CNC(=O)C(C)Oc2ccc(Br)cc2)CCNCC1.Cl. The number of amides is 1. The number of benzene rings is 1. The standard InChI is InChI=1S/C17H25BrN2O3.ClH/c1-13(23-15-5-3-14(18)4-6-15)16(21)20-11-17(12-22-2)7-9-19-10-8-17;/h3-6,13,19H,7-12H2,1-2H3,(H,20,21);1H. The Morgan fingerprint density at radius 2 is 1.96 bits per heavy atom. The molecule has 0 aliphatic carbocycles. The normalized spacial score (nSPS) is 17.5. The van der Waals surface area contributed by atoms with E-state index in [2.05, 4.69) is 26.6 Å². The van der Waals surface area contributed by atoms with Crippen molar-refractivity contribution in [3.8, 4) is 5.75 Å².